The number of halogens is 1. The molecule has 7 heteroatoms. The van der Waals surface area contributed by atoms with Crippen LogP contribution >= 0.6 is 34.7 Å². The minimum absolute atomic E-state index is 0.346. The standard InChI is InChI=1S/C13H13ClN2O2S2/c1-2-18-13(17)12-16-8(7-20-12)6-19-11-9(14)4-3-5-10(11)15/h3-5,7H,2,6,15H2,1H3. The summed E-state index contributed by atoms with van der Waals surface area (Å²) < 4.78 is 4.90. The van der Waals surface area contributed by atoms with Gasteiger partial charge in [-0.2, -0.15) is 0 Å². The summed E-state index contributed by atoms with van der Waals surface area (Å²) in [6.45, 7) is 2.11. The normalized spacial score (nSPS) is 10.5. The molecule has 1 aromatic heterocycles. The van der Waals surface area contributed by atoms with Crippen LogP contribution in [0, 0.1) is 0 Å². The maximum Gasteiger partial charge on any atom is 0.367 e. The van der Waals surface area contributed by atoms with Gasteiger partial charge in [0.2, 0.25) is 5.01 Å². The number of aromatic nitrogens is 1. The molecule has 0 aliphatic rings. The smallest absolute Gasteiger partial charge is 0.367 e. The highest BCUT2D eigenvalue weighted by molar-refractivity contribution is 7.98. The molecule has 0 saturated heterocycles. The Morgan fingerprint density at radius 2 is 2.35 bits per heavy atom. The minimum atomic E-state index is -0.383. The lowest BCUT2D eigenvalue weighted by molar-refractivity contribution is 0.0525. The van der Waals surface area contributed by atoms with Gasteiger partial charge in [0.1, 0.15) is 0 Å². The highest BCUT2D eigenvalue weighted by atomic mass is 35.5. The van der Waals surface area contributed by atoms with Crippen LogP contribution in [0.2, 0.25) is 5.02 Å². The number of benzene rings is 1. The number of hydrogen-bond donors (Lipinski definition) is 1. The fourth-order valence-corrected chi connectivity index (χ4v) is 3.52. The van der Waals surface area contributed by atoms with Gasteiger partial charge >= 0.3 is 5.97 Å². The average molecular weight is 329 g/mol. The lowest BCUT2D eigenvalue weighted by Gasteiger charge is -2.05. The van der Waals surface area contributed by atoms with Gasteiger partial charge in [-0.1, -0.05) is 17.7 Å². The Bertz CT molecular complexity index is 596. The number of nitrogens with two attached hydrogens (primary N) is 1. The Morgan fingerprint density at radius 3 is 3.05 bits per heavy atom. The second kappa shape index (κ2) is 6.97. The van der Waals surface area contributed by atoms with Crippen molar-refractivity contribution in [1.29, 1.82) is 0 Å². The molecule has 2 rings (SSSR count). The van der Waals surface area contributed by atoms with Crippen molar-refractivity contribution >= 4 is 46.4 Å². The van der Waals surface area contributed by atoms with Crippen LogP contribution in [-0.2, 0) is 10.5 Å². The molecule has 0 unspecified atom stereocenters. The van der Waals surface area contributed by atoms with E-state index in [4.69, 9.17) is 22.1 Å². The number of hydrogen-bond acceptors (Lipinski definition) is 6. The third-order valence-corrected chi connectivity index (χ3v) is 4.85. The van der Waals surface area contributed by atoms with Crippen molar-refractivity contribution < 1.29 is 9.53 Å². The molecule has 0 amide bonds. The van der Waals surface area contributed by atoms with Crippen LogP contribution < -0.4 is 5.73 Å². The van der Waals surface area contributed by atoms with Crippen LogP contribution in [0.4, 0.5) is 5.69 Å². The lowest BCUT2D eigenvalue weighted by Crippen LogP contribution is -2.04. The van der Waals surface area contributed by atoms with Gasteiger partial charge in [0, 0.05) is 21.7 Å². The highest BCUT2D eigenvalue weighted by Crippen LogP contribution is 2.34. The first-order valence-corrected chi connectivity index (χ1v) is 8.14. The van der Waals surface area contributed by atoms with Gasteiger partial charge in [0.15, 0.2) is 0 Å². The molecule has 1 aromatic carbocycles. The first-order valence-electron chi connectivity index (χ1n) is 5.90. The Balaban J connectivity index is 2.03. The van der Waals surface area contributed by atoms with Crippen LogP contribution in [0.25, 0.3) is 0 Å². The van der Waals surface area contributed by atoms with Crippen LogP contribution in [0.3, 0.4) is 0 Å². The van der Waals surface area contributed by atoms with Crippen LogP contribution in [0.1, 0.15) is 22.4 Å². The molecule has 0 saturated carbocycles. The van der Waals surface area contributed by atoms with Crippen molar-refractivity contribution in [3.8, 4) is 0 Å². The first kappa shape index (κ1) is 15.2. The predicted octanol–water partition coefficient (Wildman–Crippen LogP) is 3.85. The van der Waals surface area contributed by atoms with Crippen molar-refractivity contribution in [2.75, 3.05) is 12.3 Å². The highest BCUT2D eigenvalue weighted by Gasteiger charge is 2.13. The number of carbonyl (C=O) groups excluding carboxylic acids is 1. The molecule has 0 spiro atoms. The van der Waals surface area contributed by atoms with Crippen molar-refractivity contribution in [3.63, 3.8) is 0 Å². The van der Waals surface area contributed by atoms with Gasteiger partial charge in [-0.05, 0) is 19.1 Å². The topological polar surface area (TPSA) is 65.2 Å². The third kappa shape index (κ3) is 3.65. The molecular formula is C13H13ClN2O2S2. The Hall–Kier alpha value is -1.24. The molecule has 2 aromatic rings. The van der Waals surface area contributed by atoms with E-state index < -0.39 is 0 Å². The number of ether oxygens (including phenoxy) is 1. The maximum atomic E-state index is 11.5. The van der Waals surface area contributed by atoms with Crippen molar-refractivity contribution in [2.45, 2.75) is 17.6 Å². The fraction of sp³-hybridized carbons (Fsp3) is 0.231. The Morgan fingerprint density at radius 1 is 1.55 bits per heavy atom. The average Bonchev–Trinajstić information content (AvgIpc) is 2.87. The summed E-state index contributed by atoms with van der Waals surface area (Å²) in [6, 6.07) is 5.41. The van der Waals surface area contributed by atoms with E-state index in [1.807, 2.05) is 11.4 Å². The zero-order chi connectivity index (χ0) is 14.5. The van der Waals surface area contributed by atoms with E-state index in [9.17, 15) is 4.79 Å². The van der Waals surface area contributed by atoms with Gasteiger partial charge in [0.05, 0.1) is 17.3 Å². The third-order valence-electron chi connectivity index (χ3n) is 2.36. The molecule has 0 aliphatic carbocycles. The van der Waals surface area contributed by atoms with E-state index in [0.717, 1.165) is 10.6 Å². The number of thioether (sulfide) groups is 1. The molecule has 0 radical (unpaired) electrons. The van der Waals surface area contributed by atoms with E-state index in [1.165, 1.54) is 23.1 Å². The van der Waals surface area contributed by atoms with E-state index in [1.54, 1.807) is 19.1 Å². The molecular weight excluding hydrogens is 316 g/mol. The number of anilines is 1. The van der Waals surface area contributed by atoms with Gasteiger partial charge < -0.3 is 10.5 Å². The zero-order valence-corrected chi connectivity index (χ0v) is 13.1. The number of thiazole rings is 1. The van der Waals surface area contributed by atoms with Gasteiger partial charge in [0.25, 0.3) is 0 Å². The molecule has 0 atom stereocenters. The van der Waals surface area contributed by atoms with E-state index in [0.29, 0.717) is 28.1 Å². The van der Waals surface area contributed by atoms with Crippen molar-refractivity contribution in [2.24, 2.45) is 0 Å². The second-order valence-corrected chi connectivity index (χ2v) is 6.06. The summed E-state index contributed by atoms with van der Waals surface area (Å²) in [6.07, 6.45) is 0. The molecule has 4 nitrogen and oxygen atoms in total. The SMILES string of the molecule is CCOC(=O)c1nc(CSc2c(N)cccc2Cl)cs1. The second-order valence-electron chi connectivity index (χ2n) is 3.81. The zero-order valence-electron chi connectivity index (χ0n) is 10.8. The maximum absolute atomic E-state index is 11.5. The first-order chi connectivity index (χ1) is 9.61. The number of carbonyl (C=O) groups is 1. The van der Waals surface area contributed by atoms with Crippen LogP contribution in [0.5, 0.6) is 0 Å². The summed E-state index contributed by atoms with van der Waals surface area (Å²) in [7, 11) is 0. The largest absolute Gasteiger partial charge is 0.461 e. The molecule has 0 fully saturated rings. The molecule has 2 N–H and O–H groups in total. The molecule has 0 bridgehead atoms. The number of esters is 1. The fourth-order valence-electron chi connectivity index (χ4n) is 1.48. The number of rotatable bonds is 5. The Kier molecular flexibility index (Phi) is 5.28. The number of nitrogen functional groups attached to an aromatic ring is 1. The molecule has 1 heterocycles. The Labute approximate surface area is 130 Å². The monoisotopic (exact) mass is 328 g/mol. The van der Waals surface area contributed by atoms with Crippen LogP contribution in [-0.4, -0.2) is 17.6 Å². The minimum Gasteiger partial charge on any atom is -0.461 e. The van der Waals surface area contributed by atoms with E-state index in [2.05, 4.69) is 4.98 Å². The van der Waals surface area contributed by atoms with Gasteiger partial charge in [-0.25, -0.2) is 9.78 Å². The van der Waals surface area contributed by atoms with Crippen LogP contribution in [0.15, 0.2) is 28.5 Å². The summed E-state index contributed by atoms with van der Waals surface area (Å²) in [4.78, 5) is 16.6. The summed E-state index contributed by atoms with van der Waals surface area (Å²) >= 11 is 8.88. The van der Waals surface area contributed by atoms with Gasteiger partial charge in [-0.15, -0.1) is 23.1 Å². The van der Waals surface area contributed by atoms with Crippen molar-refractivity contribution in [1.82, 2.24) is 4.98 Å². The summed E-state index contributed by atoms with van der Waals surface area (Å²) in [5.74, 6) is 0.218. The summed E-state index contributed by atoms with van der Waals surface area (Å²) in [5, 5.41) is 2.83. The number of nitrogens with zero attached hydrogens (tertiary/aromatic N) is 1. The molecule has 106 valence electrons. The molecule has 0 aliphatic heterocycles. The summed E-state index contributed by atoms with van der Waals surface area (Å²) in [5.41, 5.74) is 7.33. The lowest BCUT2D eigenvalue weighted by atomic mass is 10.3. The van der Waals surface area contributed by atoms with E-state index in [-0.39, 0.29) is 5.97 Å². The molecule has 20 heavy (non-hydrogen) atoms. The van der Waals surface area contributed by atoms with Crippen molar-refractivity contribution in [3.05, 3.63) is 39.3 Å². The quantitative estimate of drug-likeness (QED) is 0.513. The van der Waals surface area contributed by atoms with Gasteiger partial charge in [-0.3, -0.25) is 0 Å². The van der Waals surface area contributed by atoms with E-state index >= 15 is 0 Å². The predicted molar refractivity (Wildman–Crippen MR) is 83.5 cm³/mol.